The van der Waals surface area contributed by atoms with Crippen LogP contribution in [-0.2, 0) is 0 Å². The molecule has 0 aromatic carbocycles. The van der Waals surface area contributed by atoms with E-state index in [9.17, 15) is 27.9 Å². The number of halogens is 3. The van der Waals surface area contributed by atoms with Crippen LogP contribution in [0.15, 0.2) is 30.3 Å². The number of ether oxygens (including phenoxy) is 1. The summed E-state index contributed by atoms with van der Waals surface area (Å²) in [4.78, 5) is 37.5. The number of hydrogen-bond acceptors (Lipinski definition) is 8. The average molecular weight is 510 g/mol. The SMILES string of the molecule is CC(NC(=O)c1ccc2c(n1)N(C(=O)Nc1cccc(OC[C@H](O)CO)n1)[C@H]1CCN2C1)C(F)(F)F. The molecule has 2 bridgehead atoms. The van der Waals surface area contributed by atoms with E-state index in [4.69, 9.17) is 9.84 Å². The molecule has 11 nitrogen and oxygen atoms in total. The molecule has 1 unspecified atom stereocenters. The lowest BCUT2D eigenvalue weighted by Crippen LogP contribution is -2.49. The van der Waals surface area contributed by atoms with Crippen LogP contribution in [0.5, 0.6) is 5.88 Å². The molecule has 0 saturated carbocycles. The maximum absolute atomic E-state index is 13.3. The second-order valence-electron chi connectivity index (χ2n) is 8.47. The number of nitrogens with one attached hydrogen (secondary N) is 2. The van der Waals surface area contributed by atoms with Crippen molar-refractivity contribution in [1.82, 2.24) is 15.3 Å². The first-order valence-corrected chi connectivity index (χ1v) is 11.2. The number of nitrogens with zero attached hydrogens (tertiary/aromatic N) is 4. The predicted molar refractivity (Wildman–Crippen MR) is 122 cm³/mol. The zero-order chi connectivity index (χ0) is 26.0. The number of aliphatic hydroxyl groups excluding tert-OH is 2. The van der Waals surface area contributed by atoms with Gasteiger partial charge in [0.2, 0.25) is 5.88 Å². The van der Waals surface area contributed by atoms with Crippen molar-refractivity contribution in [2.75, 3.05) is 41.4 Å². The number of rotatable bonds is 7. The van der Waals surface area contributed by atoms with Gasteiger partial charge in [-0.05, 0) is 31.5 Å². The van der Waals surface area contributed by atoms with Crippen molar-refractivity contribution < 1.29 is 37.7 Å². The van der Waals surface area contributed by atoms with Crippen molar-refractivity contribution in [2.45, 2.75) is 37.7 Å². The molecule has 4 rings (SSSR count). The molecule has 4 N–H and O–H groups in total. The molecular formula is C22H25F3N6O5. The first-order chi connectivity index (χ1) is 17.1. The van der Waals surface area contributed by atoms with Crippen molar-refractivity contribution >= 4 is 29.3 Å². The van der Waals surface area contributed by atoms with Gasteiger partial charge in [-0.3, -0.25) is 15.0 Å². The van der Waals surface area contributed by atoms with Gasteiger partial charge >= 0.3 is 12.2 Å². The van der Waals surface area contributed by atoms with Gasteiger partial charge in [0.05, 0.1) is 18.3 Å². The Morgan fingerprint density at radius 2 is 2.03 bits per heavy atom. The topological polar surface area (TPSA) is 140 Å². The molecule has 4 heterocycles. The fourth-order valence-electron chi connectivity index (χ4n) is 3.92. The molecule has 2 aromatic rings. The third-order valence-electron chi connectivity index (χ3n) is 5.83. The van der Waals surface area contributed by atoms with Gasteiger partial charge in [0, 0.05) is 19.2 Å². The predicted octanol–water partition coefficient (Wildman–Crippen LogP) is 1.52. The molecule has 1 fully saturated rings. The van der Waals surface area contributed by atoms with Gasteiger partial charge < -0.3 is 25.2 Å². The summed E-state index contributed by atoms with van der Waals surface area (Å²) in [6.07, 6.45) is -5.06. The van der Waals surface area contributed by atoms with Crippen molar-refractivity contribution in [3.8, 4) is 5.88 Å². The number of pyridine rings is 2. The average Bonchev–Trinajstić information content (AvgIpc) is 3.25. The van der Waals surface area contributed by atoms with Crippen LogP contribution >= 0.6 is 0 Å². The van der Waals surface area contributed by atoms with Crippen LogP contribution in [0.1, 0.15) is 23.8 Å². The molecule has 2 aliphatic heterocycles. The zero-order valence-electron chi connectivity index (χ0n) is 19.2. The maximum atomic E-state index is 13.3. The number of urea groups is 1. The summed E-state index contributed by atoms with van der Waals surface area (Å²) < 4.78 is 43.9. The smallest absolute Gasteiger partial charge is 0.408 e. The second kappa shape index (κ2) is 10.1. The summed E-state index contributed by atoms with van der Waals surface area (Å²) in [5.74, 6) is -0.590. The van der Waals surface area contributed by atoms with Gasteiger partial charge in [-0.15, -0.1) is 0 Å². The molecule has 14 heteroatoms. The number of amides is 3. The minimum Gasteiger partial charge on any atom is -0.475 e. The minimum atomic E-state index is -4.61. The molecule has 0 radical (unpaired) electrons. The van der Waals surface area contributed by atoms with Crippen molar-refractivity contribution in [3.05, 3.63) is 36.0 Å². The Labute approximate surface area is 203 Å². The maximum Gasteiger partial charge on any atom is 0.408 e. The van der Waals surface area contributed by atoms with Crippen LogP contribution in [0.3, 0.4) is 0 Å². The van der Waals surface area contributed by atoms with Crippen molar-refractivity contribution in [3.63, 3.8) is 0 Å². The number of alkyl halides is 3. The van der Waals surface area contributed by atoms with Gasteiger partial charge in [0.1, 0.15) is 30.3 Å². The second-order valence-corrected chi connectivity index (χ2v) is 8.47. The zero-order valence-corrected chi connectivity index (χ0v) is 19.2. The van der Waals surface area contributed by atoms with Crippen LogP contribution in [0.4, 0.5) is 35.3 Å². The van der Waals surface area contributed by atoms with E-state index in [0.29, 0.717) is 25.2 Å². The Bertz CT molecular complexity index is 1130. The number of anilines is 3. The number of carbonyl (C=O) groups is 2. The number of hydrogen-bond donors (Lipinski definition) is 4. The van der Waals surface area contributed by atoms with Gasteiger partial charge in [-0.1, -0.05) is 6.07 Å². The molecular weight excluding hydrogens is 485 g/mol. The van der Waals surface area contributed by atoms with E-state index in [0.717, 1.165) is 6.92 Å². The van der Waals surface area contributed by atoms with Gasteiger partial charge in [-0.2, -0.15) is 18.2 Å². The van der Waals surface area contributed by atoms with E-state index in [2.05, 4.69) is 15.3 Å². The summed E-state index contributed by atoms with van der Waals surface area (Å²) in [5.41, 5.74) is 0.337. The van der Waals surface area contributed by atoms with Crippen LogP contribution in [-0.4, -0.2) is 82.8 Å². The fourth-order valence-corrected chi connectivity index (χ4v) is 3.92. The van der Waals surface area contributed by atoms with E-state index in [1.807, 2.05) is 10.2 Å². The van der Waals surface area contributed by atoms with Gasteiger partial charge in [-0.25, -0.2) is 9.78 Å². The molecule has 3 atom stereocenters. The number of carbonyl (C=O) groups excluding carboxylic acids is 2. The fraction of sp³-hybridized carbons (Fsp3) is 0.455. The highest BCUT2D eigenvalue weighted by Gasteiger charge is 2.41. The van der Waals surface area contributed by atoms with Crippen molar-refractivity contribution in [2.24, 2.45) is 0 Å². The summed E-state index contributed by atoms with van der Waals surface area (Å²) >= 11 is 0. The lowest BCUT2D eigenvalue weighted by Gasteiger charge is -2.35. The lowest BCUT2D eigenvalue weighted by molar-refractivity contribution is -0.149. The van der Waals surface area contributed by atoms with E-state index >= 15 is 0 Å². The normalized spacial score (nSPS) is 18.3. The summed E-state index contributed by atoms with van der Waals surface area (Å²) in [7, 11) is 0. The third kappa shape index (κ3) is 5.44. The van der Waals surface area contributed by atoms with Gasteiger partial charge in [0.25, 0.3) is 5.91 Å². The molecule has 2 aliphatic rings. The largest absolute Gasteiger partial charge is 0.475 e. The van der Waals surface area contributed by atoms with Crippen LogP contribution in [0.2, 0.25) is 0 Å². The third-order valence-corrected chi connectivity index (χ3v) is 5.83. The monoisotopic (exact) mass is 510 g/mol. The number of aromatic nitrogens is 2. The lowest BCUT2D eigenvalue weighted by atomic mass is 10.1. The van der Waals surface area contributed by atoms with E-state index in [1.165, 1.54) is 23.1 Å². The van der Waals surface area contributed by atoms with Crippen LogP contribution in [0.25, 0.3) is 0 Å². The number of aliphatic hydroxyl groups is 2. The molecule has 2 aromatic heterocycles. The molecule has 194 valence electrons. The quantitative estimate of drug-likeness (QED) is 0.440. The highest BCUT2D eigenvalue weighted by atomic mass is 19.4. The Kier molecular flexibility index (Phi) is 7.17. The highest BCUT2D eigenvalue weighted by Crippen LogP contribution is 2.39. The summed E-state index contributed by atoms with van der Waals surface area (Å²) in [5, 5.41) is 22.9. The summed E-state index contributed by atoms with van der Waals surface area (Å²) in [6.45, 7) is 1.34. The molecule has 36 heavy (non-hydrogen) atoms. The Morgan fingerprint density at radius 3 is 2.75 bits per heavy atom. The van der Waals surface area contributed by atoms with E-state index in [-0.39, 0.29) is 35.9 Å². The summed E-state index contributed by atoms with van der Waals surface area (Å²) in [6, 6.07) is 4.58. The Morgan fingerprint density at radius 1 is 1.25 bits per heavy atom. The molecule has 0 spiro atoms. The Balaban J connectivity index is 1.55. The van der Waals surface area contributed by atoms with E-state index in [1.54, 1.807) is 12.1 Å². The first-order valence-electron chi connectivity index (χ1n) is 11.2. The molecule has 0 aliphatic carbocycles. The van der Waals surface area contributed by atoms with Crippen molar-refractivity contribution in [1.29, 1.82) is 0 Å². The molecule has 3 amide bonds. The van der Waals surface area contributed by atoms with E-state index < -0.39 is 36.9 Å². The molecule has 1 saturated heterocycles. The van der Waals surface area contributed by atoms with Crippen LogP contribution < -0.4 is 25.2 Å². The van der Waals surface area contributed by atoms with Gasteiger partial charge in [0.15, 0.2) is 5.82 Å². The Hall–Kier alpha value is -3.65. The highest BCUT2D eigenvalue weighted by molar-refractivity contribution is 6.05. The minimum absolute atomic E-state index is 0.113. The number of fused-ring (bicyclic) bond motifs is 4. The standard InChI is InChI=1S/C22H25F3N6O5/c1-12(22(23,24)25)26-20(34)15-5-6-16-19(27-15)31(13-7-8-30(16)9-13)21(35)29-17-3-2-4-18(28-17)36-11-14(33)10-32/h2-6,12-14,32-33H,7-11H2,1H3,(H,26,34)(H,28,29,35)/t12?,13-,14+/m0/s1. The first kappa shape index (κ1) is 25.4. The van der Waals surface area contributed by atoms with Crippen LogP contribution in [0, 0.1) is 0 Å².